The molecule has 1 fully saturated rings. The predicted molar refractivity (Wildman–Crippen MR) is 59.2 cm³/mol. The number of hydrogen-bond donors (Lipinski definition) is 2. The van der Waals surface area contributed by atoms with E-state index in [0.717, 1.165) is 19.4 Å². The Labute approximate surface area is 91.4 Å². The second-order valence-electron chi connectivity index (χ2n) is 4.39. The first-order valence-corrected chi connectivity index (χ1v) is 5.77. The van der Waals surface area contributed by atoms with E-state index in [1.807, 2.05) is 11.8 Å². The largest absolute Gasteiger partial charge is 0.394 e. The highest BCUT2D eigenvalue weighted by atomic mass is 16.3. The van der Waals surface area contributed by atoms with Crippen molar-refractivity contribution in [1.82, 2.24) is 4.90 Å². The summed E-state index contributed by atoms with van der Waals surface area (Å²) in [6.45, 7) is 5.29. The molecule has 88 valence electrons. The number of likely N-dealkylation sites (tertiary alicyclic amines) is 1. The number of nitrogens with two attached hydrogens (primary N) is 1. The standard InChI is InChI=1S/C11H22N2O2/c1-3-9(6-12)11(15)13-5-4-8(2)10(13)7-14/h8-10,14H,3-7,12H2,1-2H3. The average molecular weight is 214 g/mol. The third-order valence-electron chi connectivity index (χ3n) is 3.48. The summed E-state index contributed by atoms with van der Waals surface area (Å²) in [4.78, 5) is 13.9. The Hall–Kier alpha value is -0.610. The topological polar surface area (TPSA) is 66.6 Å². The molecule has 0 saturated carbocycles. The molecule has 0 bridgehead atoms. The summed E-state index contributed by atoms with van der Waals surface area (Å²) in [5.41, 5.74) is 5.56. The molecule has 0 spiro atoms. The van der Waals surface area contributed by atoms with Crippen LogP contribution in [0.2, 0.25) is 0 Å². The molecule has 1 rings (SSSR count). The van der Waals surface area contributed by atoms with Crippen LogP contribution in [0.3, 0.4) is 0 Å². The predicted octanol–water partition coefficient (Wildman–Crippen LogP) is 0.201. The number of nitrogens with zero attached hydrogens (tertiary/aromatic N) is 1. The first kappa shape index (κ1) is 12.5. The maximum Gasteiger partial charge on any atom is 0.227 e. The summed E-state index contributed by atoms with van der Waals surface area (Å²) in [6, 6.07) is -0.00176. The van der Waals surface area contributed by atoms with Crippen LogP contribution in [0.15, 0.2) is 0 Å². The van der Waals surface area contributed by atoms with Crippen molar-refractivity contribution in [2.75, 3.05) is 19.7 Å². The van der Waals surface area contributed by atoms with Crippen molar-refractivity contribution >= 4 is 5.91 Å². The third kappa shape index (κ3) is 2.49. The highest BCUT2D eigenvalue weighted by Gasteiger charge is 2.35. The summed E-state index contributed by atoms with van der Waals surface area (Å²) >= 11 is 0. The van der Waals surface area contributed by atoms with Crippen molar-refractivity contribution in [2.45, 2.75) is 32.7 Å². The molecule has 15 heavy (non-hydrogen) atoms. The first-order valence-electron chi connectivity index (χ1n) is 5.77. The number of rotatable bonds is 4. The zero-order valence-corrected chi connectivity index (χ0v) is 9.65. The van der Waals surface area contributed by atoms with Gasteiger partial charge in [-0.25, -0.2) is 0 Å². The van der Waals surface area contributed by atoms with Gasteiger partial charge in [-0.2, -0.15) is 0 Å². The van der Waals surface area contributed by atoms with Crippen LogP contribution in [-0.4, -0.2) is 41.7 Å². The van der Waals surface area contributed by atoms with Crippen LogP contribution in [0, 0.1) is 11.8 Å². The maximum atomic E-state index is 12.1. The van der Waals surface area contributed by atoms with Gasteiger partial charge >= 0.3 is 0 Å². The fourth-order valence-corrected chi connectivity index (χ4v) is 2.24. The van der Waals surface area contributed by atoms with E-state index in [1.165, 1.54) is 0 Å². The smallest absolute Gasteiger partial charge is 0.227 e. The number of carbonyl (C=O) groups excluding carboxylic acids is 1. The zero-order chi connectivity index (χ0) is 11.4. The second-order valence-corrected chi connectivity index (χ2v) is 4.39. The number of hydrogen-bond acceptors (Lipinski definition) is 3. The van der Waals surface area contributed by atoms with Gasteiger partial charge in [0.25, 0.3) is 0 Å². The van der Waals surface area contributed by atoms with E-state index >= 15 is 0 Å². The van der Waals surface area contributed by atoms with Crippen LogP contribution in [-0.2, 0) is 4.79 Å². The fraction of sp³-hybridized carbons (Fsp3) is 0.909. The van der Waals surface area contributed by atoms with Crippen molar-refractivity contribution in [2.24, 2.45) is 17.6 Å². The highest BCUT2D eigenvalue weighted by molar-refractivity contribution is 5.79. The van der Waals surface area contributed by atoms with E-state index < -0.39 is 0 Å². The Kier molecular flexibility index (Phi) is 4.54. The third-order valence-corrected chi connectivity index (χ3v) is 3.48. The zero-order valence-electron chi connectivity index (χ0n) is 9.65. The van der Waals surface area contributed by atoms with Crippen LogP contribution in [0.1, 0.15) is 26.7 Å². The van der Waals surface area contributed by atoms with E-state index in [4.69, 9.17) is 5.73 Å². The molecule has 0 radical (unpaired) electrons. The summed E-state index contributed by atoms with van der Waals surface area (Å²) in [5, 5.41) is 9.26. The van der Waals surface area contributed by atoms with Crippen molar-refractivity contribution < 1.29 is 9.90 Å². The van der Waals surface area contributed by atoms with Gasteiger partial charge in [0.2, 0.25) is 5.91 Å². The van der Waals surface area contributed by atoms with Gasteiger partial charge in [-0.05, 0) is 18.8 Å². The number of carbonyl (C=O) groups is 1. The van der Waals surface area contributed by atoms with Gasteiger partial charge < -0.3 is 15.7 Å². The van der Waals surface area contributed by atoms with Gasteiger partial charge in [0.05, 0.1) is 18.6 Å². The Balaban J connectivity index is 2.66. The lowest BCUT2D eigenvalue weighted by molar-refractivity contribution is -0.137. The van der Waals surface area contributed by atoms with Gasteiger partial charge in [0.1, 0.15) is 0 Å². The number of amides is 1. The molecule has 3 N–H and O–H groups in total. The van der Waals surface area contributed by atoms with E-state index in [2.05, 4.69) is 6.92 Å². The lowest BCUT2D eigenvalue weighted by Crippen LogP contribution is -2.44. The molecule has 3 atom stereocenters. The molecule has 1 saturated heterocycles. The van der Waals surface area contributed by atoms with E-state index in [1.54, 1.807) is 0 Å². The molecule has 1 amide bonds. The van der Waals surface area contributed by atoms with Crippen molar-refractivity contribution in [3.8, 4) is 0 Å². The molecular formula is C11H22N2O2. The van der Waals surface area contributed by atoms with E-state index in [-0.39, 0.29) is 24.5 Å². The lowest BCUT2D eigenvalue weighted by Gasteiger charge is -2.28. The maximum absolute atomic E-state index is 12.1. The Morgan fingerprint density at radius 2 is 2.33 bits per heavy atom. The van der Waals surface area contributed by atoms with Crippen molar-refractivity contribution in [3.05, 3.63) is 0 Å². The Morgan fingerprint density at radius 1 is 1.67 bits per heavy atom. The molecule has 1 aliphatic rings. The van der Waals surface area contributed by atoms with Crippen molar-refractivity contribution in [3.63, 3.8) is 0 Å². The summed E-state index contributed by atoms with van der Waals surface area (Å²) in [6.07, 6.45) is 1.76. The molecule has 4 heteroatoms. The minimum absolute atomic E-state index is 0.00176. The van der Waals surface area contributed by atoms with E-state index in [9.17, 15) is 9.90 Å². The molecule has 0 aromatic heterocycles. The molecule has 0 aromatic rings. The fourth-order valence-electron chi connectivity index (χ4n) is 2.24. The van der Waals surface area contributed by atoms with Gasteiger partial charge in [-0.1, -0.05) is 13.8 Å². The summed E-state index contributed by atoms with van der Waals surface area (Å²) in [5.74, 6) is 0.432. The quantitative estimate of drug-likeness (QED) is 0.702. The van der Waals surface area contributed by atoms with Crippen LogP contribution in [0.5, 0.6) is 0 Å². The molecule has 3 unspecified atom stereocenters. The second kappa shape index (κ2) is 5.47. The van der Waals surface area contributed by atoms with Crippen LogP contribution < -0.4 is 5.73 Å². The molecule has 1 aliphatic heterocycles. The summed E-state index contributed by atoms with van der Waals surface area (Å²) < 4.78 is 0. The van der Waals surface area contributed by atoms with Gasteiger partial charge in [0.15, 0.2) is 0 Å². The minimum atomic E-state index is -0.0793. The van der Waals surface area contributed by atoms with Crippen LogP contribution in [0.25, 0.3) is 0 Å². The summed E-state index contributed by atoms with van der Waals surface area (Å²) in [7, 11) is 0. The molecule has 1 heterocycles. The van der Waals surface area contributed by atoms with Gasteiger partial charge in [0, 0.05) is 13.1 Å². The molecule has 0 aliphatic carbocycles. The molecular weight excluding hydrogens is 192 g/mol. The monoisotopic (exact) mass is 214 g/mol. The van der Waals surface area contributed by atoms with E-state index in [0.29, 0.717) is 12.5 Å². The average Bonchev–Trinajstić information content (AvgIpc) is 2.61. The van der Waals surface area contributed by atoms with Gasteiger partial charge in [-0.3, -0.25) is 4.79 Å². The van der Waals surface area contributed by atoms with Crippen molar-refractivity contribution in [1.29, 1.82) is 0 Å². The SMILES string of the molecule is CCC(CN)C(=O)N1CCC(C)C1CO. The van der Waals surface area contributed by atoms with Crippen LogP contribution in [0.4, 0.5) is 0 Å². The Morgan fingerprint density at radius 3 is 2.80 bits per heavy atom. The number of aliphatic hydroxyl groups is 1. The molecule has 0 aromatic carbocycles. The lowest BCUT2D eigenvalue weighted by atomic mass is 10.0. The number of aliphatic hydroxyl groups excluding tert-OH is 1. The normalized spacial score (nSPS) is 28.1. The molecule has 4 nitrogen and oxygen atoms in total. The Bertz CT molecular complexity index is 217. The minimum Gasteiger partial charge on any atom is -0.394 e. The van der Waals surface area contributed by atoms with Crippen LogP contribution >= 0.6 is 0 Å². The van der Waals surface area contributed by atoms with Gasteiger partial charge in [-0.15, -0.1) is 0 Å². The highest BCUT2D eigenvalue weighted by Crippen LogP contribution is 2.25. The first-order chi connectivity index (χ1) is 7.15.